The maximum absolute atomic E-state index is 4.46. The molecule has 2 unspecified atom stereocenters. The van der Waals surface area contributed by atoms with Gasteiger partial charge in [-0.15, -0.1) is 24.0 Å². The molecule has 2 fully saturated rings. The maximum Gasteiger partial charge on any atom is 0.191 e. The van der Waals surface area contributed by atoms with Gasteiger partial charge in [-0.3, -0.25) is 4.99 Å². The van der Waals surface area contributed by atoms with Crippen molar-refractivity contribution in [2.24, 2.45) is 16.8 Å². The molecule has 1 aromatic rings. The van der Waals surface area contributed by atoms with Crippen LogP contribution in [0.5, 0.6) is 0 Å². The molecule has 0 spiro atoms. The van der Waals surface area contributed by atoms with Gasteiger partial charge in [0.2, 0.25) is 0 Å². The summed E-state index contributed by atoms with van der Waals surface area (Å²) in [6.45, 7) is 11.5. The summed E-state index contributed by atoms with van der Waals surface area (Å²) >= 11 is 0. The Bertz CT molecular complexity index is 592. The normalized spacial score (nSPS) is 23.6. The summed E-state index contributed by atoms with van der Waals surface area (Å²) in [5.41, 5.74) is 1.32. The second kappa shape index (κ2) is 11.9. The molecule has 2 aliphatic rings. The van der Waals surface area contributed by atoms with E-state index < -0.39 is 0 Å². The lowest BCUT2D eigenvalue weighted by atomic mass is 9.97. The van der Waals surface area contributed by atoms with Crippen LogP contribution >= 0.6 is 24.0 Å². The first-order valence-corrected chi connectivity index (χ1v) is 10.6. The molecule has 0 aliphatic carbocycles. The van der Waals surface area contributed by atoms with Crippen molar-refractivity contribution >= 4 is 35.6 Å². The molecule has 2 aliphatic heterocycles. The number of guanidine groups is 1. The molecule has 2 atom stereocenters. The van der Waals surface area contributed by atoms with Crippen LogP contribution in [0.4, 0.5) is 5.69 Å². The van der Waals surface area contributed by atoms with E-state index in [1.807, 2.05) is 7.05 Å². The van der Waals surface area contributed by atoms with Crippen molar-refractivity contribution in [2.75, 3.05) is 51.2 Å². The van der Waals surface area contributed by atoms with Gasteiger partial charge in [-0.2, -0.15) is 0 Å². The second-order valence-corrected chi connectivity index (χ2v) is 8.53. The van der Waals surface area contributed by atoms with E-state index in [0.29, 0.717) is 6.04 Å². The van der Waals surface area contributed by atoms with Crippen molar-refractivity contribution in [3.63, 3.8) is 0 Å². The first-order chi connectivity index (χ1) is 13.1. The summed E-state index contributed by atoms with van der Waals surface area (Å²) in [5.74, 6) is 2.43. The average Bonchev–Trinajstić information content (AvgIpc) is 3.14. The molecule has 2 saturated heterocycles. The van der Waals surface area contributed by atoms with E-state index >= 15 is 0 Å². The molecular weight excluding hydrogens is 461 g/mol. The summed E-state index contributed by atoms with van der Waals surface area (Å²) in [5, 5.41) is 7.22. The lowest BCUT2D eigenvalue weighted by molar-refractivity contribution is 0.159. The van der Waals surface area contributed by atoms with Gasteiger partial charge >= 0.3 is 0 Å². The van der Waals surface area contributed by atoms with Crippen LogP contribution in [0.3, 0.4) is 0 Å². The van der Waals surface area contributed by atoms with Crippen molar-refractivity contribution in [3.05, 3.63) is 30.3 Å². The number of benzene rings is 1. The number of nitrogens with one attached hydrogen (secondary N) is 2. The SMILES string of the molecule is CN=C(NCC1CCCN(CC(C)C)C1)NC1CCN(c2ccccc2)C1.I. The highest BCUT2D eigenvalue weighted by atomic mass is 127. The average molecular weight is 499 g/mol. The zero-order valence-electron chi connectivity index (χ0n) is 17.7. The van der Waals surface area contributed by atoms with Crippen LogP contribution in [-0.2, 0) is 0 Å². The van der Waals surface area contributed by atoms with Crippen molar-refractivity contribution in [2.45, 2.75) is 39.2 Å². The van der Waals surface area contributed by atoms with Crippen molar-refractivity contribution < 1.29 is 0 Å². The number of nitrogens with zero attached hydrogens (tertiary/aromatic N) is 3. The fraction of sp³-hybridized carbons (Fsp3) is 0.682. The van der Waals surface area contributed by atoms with E-state index in [4.69, 9.17) is 0 Å². The number of anilines is 1. The summed E-state index contributed by atoms with van der Waals surface area (Å²) in [6, 6.07) is 11.2. The smallest absolute Gasteiger partial charge is 0.191 e. The minimum Gasteiger partial charge on any atom is -0.369 e. The number of piperidine rings is 1. The molecule has 2 N–H and O–H groups in total. The van der Waals surface area contributed by atoms with Gasteiger partial charge in [0.1, 0.15) is 0 Å². The summed E-state index contributed by atoms with van der Waals surface area (Å²) in [6.07, 6.45) is 3.80. The minimum atomic E-state index is 0. The Hall–Kier alpha value is -1.02. The van der Waals surface area contributed by atoms with Crippen molar-refractivity contribution in [3.8, 4) is 0 Å². The largest absolute Gasteiger partial charge is 0.369 e. The second-order valence-electron chi connectivity index (χ2n) is 8.53. The van der Waals surface area contributed by atoms with Crippen molar-refractivity contribution in [1.29, 1.82) is 0 Å². The fourth-order valence-corrected chi connectivity index (χ4v) is 4.38. The molecule has 5 nitrogen and oxygen atoms in total. The van der Waals surface area contributed by atoms with E-state index in [-0.39, 0.29) is 24.0 Å². The number of hydrogen-bond acceptors (Lipinski definition) is 3. The van der Waals surface area contributed by atoms with Gasteiger partial charge < -0.3 is 20.4 Å². The molecule has 158 valence electrons. The number of halogens is 1. The zero-order valence-corrected chi connectivity index (χ0v) is 20.1. The molecule has 6 heteroatoms. The van der Waals surface area contributed by atoms with Crippen LogP contribution in [-0.4, -0.2) is 63.2 Å². The predicted molar refractivity (Wildman–Crippen MR) is 131 cm³/mol. The Morgan fingerprint density at radius 3 is 2.64 bits per heavy atom. The van der Waals surface area contributed by atoms with Crippen molar-refractivity contribution in [1.82, 2.24) is 15.5 Å². The molecule has 3 rings (SSSR count). The molecule has 0 amide bonds. The molecule has 2 heterocycles. The van der Waals surface area contributed by atoms with Crippen LogP contribution in [0.2, 0.25) is 0 Å². The van der Waals surface area contributed by atoms with Gasteiger partial charge in [-0.25, -0.2) is 0 Å². The Balaban J connectivity index is 0.00000280. The summed E-state index contributed by atoms with van der Waals surface area (Å²) in [4.78, 5) is 9.55. The van der Waals surface area contributed by atoms with Gasteiger partial charge in [0.15, 0.2) is 5.96 Å². The lowest BCUT2D eigenvalue weighted by Gasteiger charge is -2.34. The zero-order chi connectivity index (χ0) is 19.1. The monoisotopic (exact) mass is 499 g/mol. The van der Waals surface area contributed by atoms with Crippen LogP contribution in [0.25, 0.3) is 0 Å². The highest BCUT2D eigenvalue weighted by molar-refractivity contribution is 14.0. The Labute approximate surface area is 188 Å². The summed E-state index contributed by atoms with van der Waals surface area (Å²) < 4.78 is 0. The Morgan fingerprint density at radius 2 is 1.93 bits per heavy atom. The topological polar surface area (TPSA) is 42.9 Å². The third kappa shape index (κ3) is 7.10. The van der Waals surface area contributed by atoms with Gasteiger partial charge in [0.05, 0.1) is 0 Å². The van der Waals surface area contributed by atoms with Crippen LogP contribution in [0.15, 0.2) is 35.3 Å². The Kier molecular flexibility index (Phi) is 9.85. The molecule has 0 radical (unpaired) electrons. The lowest BCUT2D eigenvalue weighted by Crippen LogP contribution is -2.48. The third-order valence-corrected chi connectivity index (χ3v) is 5.66. The molecule has 1 aromatic carbocycles. The maximum atomic E-state index is 4.46. The van der Waals surface area contributed by atoms with E-state index in [9.17, 15) is 0 Å². The van der Waals surface area contributed by atoms with Gasteiger partial charge in [0, 0.05) is 51.5 Å². The number of para-hydroxylation sites is 1. The number of aliphatic imine (C=N–C) groups is 1. The van der Waals surface area contributed by atoms with Gasteiger partial charge in [-0.05, 0) is 49.8 Å². The molecule has 28 heavy (non-hydrogen) atoms. The fourth-order valence-electron chi connectivity index (χ4n) is 4.38. The Morgan fingerprint density at radius 1 is 1.14 bits per heavy atom. The predicted octanol–water partition coefficient (Wildman–Crippen LogP) is 3.42. The number of likely N-dealkylation sites (tertiary alicyclic amines) is 1. The van der Waals surface area contributed by atoms with E-state index in [1.165, 1.54) is 38.2 Å². The highest BCUT2D eigenvalue weighted by Crippen LogP contribution is 2.20. The first-order valence-electron chi connectivity index (χ1n) is 10.6. The minimum absolute atomic E-state index is 0. The highest BCUT2D eigenvalue weighted by Gasteiger charge is 2.24. The first kappa shape index (κ1) is 23.3. The van der Waals surface area contributed by atoms with E-state index in [0.717, 1.165) is 43.9 Å². The number of hydrogen-bond donors (Lipinski definition) is 2. The summed E-state index contributed by atoms with van der Waals surface area (Å²) in [7, 11) is 1.88. The van der Waals surface area contributed by atoms with Gasteiger partial charge in [-0.1, -0.05) is 32.0 Å². The van der Waals surface area contributed by atoms with Crippen LogP contribution in [0.1, 0.15) is 33.1 Å². The van der Waals surface area contributed by atoms with E-state index in [2.05, 4.69) is 69.6 Å². The standard InChI is InChI=1S/C22H37N5.HI/c1-18(2)15-26-12-7-8-19(16-26)14-24-22(23-3)25-20-11-13-27(17-20)21-9-5-4-6-10-21;/h4-6,9-10,18-20H,7-8,11-17H2,1-3H3,(H2,23,24,25);1H. The molecular formula is C22H38IN5. The quantitative estimate of drug-likeness (QED) is 0.358. The molecule has 0 aromatic heterocycles. The van der Waals surface area contributed by atoms with Crippen LogP contribution < -0.4 is 15.5 Å². The molecule has 0 bridgehead atoms. The third-order valence-electron chi connectivity index (χ3n) is 5.66. The molecule has 0 saturated carbocycles. The van der Waals surface area contributed by atoms with E-state index in [1.54, 1.807) is 0 Å². The van der Waals surface area contributed by atoms with Gasteiger partial charge in [0.25, 0.3) is 0 Å². The number of rotatable bonds is 6. The van der Waals surface area contributed by atoms with Crippen LogP contribution in [0, 0.1) is 11.8 Å².